The van der Waals surface area contributed by atoms with Crippen LogP contribution in [-0.2, 0) is 4.28 Å². The van der Waals surface area contributed by atoms with Crippen LogP contribution in [0.3, 0.4) is 0 Å². The molecule has 0 aromatic heterocycles. The lowest BCUT2D eigenvalue weighted by Crippen LogP contribution is -2.09. The standard InChI is InChI=1S/C6H15NO2S/c1-4-10(5-2,6-3)9-7-8/h4-6H2,1-3H3. The van der Waals surface area contributed by atoms with E-state index in [-0.39, 0.29) is 0 Å². The lowest BCUT2D eigenvalue weighted by atomic mass is 10.9. The van der Waals surface area contributed by atoms with Crippen molar-refractivity contribution in [1.29, 1.82) is 0 Å². The van der Waals surface area contributed by atoms with Gasteiger partial charge < -0.3 is 4.28 Å². The molecule has 62 valence electrons. The summed E-state index contributed by atoms with van der Waals surface area (Å²) in [5.41, 5.74) is 0. The van der Waals surface area contributed by atoms with Gasteiger partial charge in [0.25, 0.3) is 0 Å². The van der Waals surface area contributed by atoms with Gasteiger partial charge in [-0.15, -0.1) is 4.91 Å². The first-order chi connectivity index (χ1) is 4.74. The maximum absolute atomic E-state index is 9.85. The highest BCUT2D eigenvalue weighted by Crippen LogP contribution is 2.47. The van der Waals surface area contributed by atoms with E-state index in [1.807, 2.05) is 20.8 Å². The van der Waals surface area contributed by atoms with Gasteiger partial charge in [-0.1, -0.05) is 31.1 Å². The Bertz CT molecular complexity index is 95.7. The second kappa shape index (κ2) is 4.55. The largest absolute Gasteiger partial charge is 0.312 e. The topological polar surface area (TPSA) is 38.7 Å². The molecule has 0 saturated carbocycles. The Morgan fingerprint density at radius 3 is 1.70 bits per heavy atom. The molecule has 0 rings (SSSR count). The highest BCUT2D eigenvalue weighted by Gasteiger charge is 2.19. The summed E-state index contributed by atoms with van der Waals surface area (Å²) in [6, 6.07) is 0. The van der Waals surface area contributed by atoms with E-state index in [4.69, 9.17) is 4.28 Å². The van der Waals surface area contributed by atoms with Crippen LogP contribution in [0.2, 0.25) is 0 Å². The average Bonchev–Trinajstić information content (AvgIpc) is 2.01. The highest BCUT2D eigenvalue weighted by molar-refractivity contribution is 8.29. The molecule has 0 N–H and O–H groups in total. The van der Waals surface area contributed by atoms with Gasteiger partial charge in [0.15, 0.2) is 5.34 Å². The molecule has 0 aliphatic heterocycles. The van der Waals surface area contributed by atoms with E-state index in [0.717, 1.165) is 17.3 Å². The molecule has 0 unspecified atom stereocenters. The van der Waals surface area contributed by atoms with Crippen molar-refractivity contribution in [2.75, 3.05) is 17.3 Å². The molecule has 0 radical (unpaired) electrons. The summed E-state index contributed by atoms with van der Waals surface area (Å²) in [4.78, 5) is 9.85. The third kappa shape index (κ3) is 2.17. The summed E-state index contributed by atoms with van der Waals surface area (Å²) in [7, 11) is -1.14. The molecule has 0 spiro atoms. The molecule has 0 aromatic rings. The van der Waals surface area contributed by atoms with E-state index in [9.17, 15) is 4.91 Å². The Kier molecular flexibility index (Phi) is 4.43. The van der Waals surface area contributed by atoms with Gasteiger partial charge in [-0.2, -0.15) is 0 Å². The van der Waals surface area contributed by atoms with Crippen LogP contribution in [0.4, 0.5) is 0 Å². The normalized spacial score (nSPS) is 12.7. The molecule has 0 bridgehead atoms. The summed E-state index contributed by atoms with van der Waals surface area (Å²) < 4.78 is 4.83. The fourth-order valence-corrected chi connectivity index (χ4v) is 2.51. The van der Waals surface area contributed by atoms with Gasteiger partial charge >= 0.3 is 0 Å². The SMILES string of the molecule is CCS(CC)(CC)ON=O. The van der Waals surface area contributed by atoms with Crippen molar-refractivity contribution < 1.29 is 4.28 Å². The molecule has 0 aromatic carbocycles. The Labute approximate surface area is 63.6 Å². The quantitative estimate of drug-likeness (QED) is 0.463. The minimum Gasteiger partial charge on any atom is -0.312 e. The zero-order valence-corrected chi connectivity index (χ0v) is 7.61. The van der Waals surface area contributed by atoms with Crippen molar-refractivity contribution in [3.63, 3.8) is 0 Å². The Morgan fingerprint density at radius 2 is 1.60 bits per heavy atom. The van der Waals surface area contributed by atoms with Crippen molar-refractivity contribution in [2.45, 2.75) is 20.8 Å². The molecule has 4 heteroatoms. The molecule has 0 fully saturated rings. The maximum atomic E-state index is 9.85. The highest BCUT2D eigenvalue weighted by atomic mass is 32.3. The predicted molar refractivity (Wildman–Crippen MR) is 46.1 cm³/mol. The van der Waals surface area contributed by atoms with Crippen LogP contribution >= 0.6 is 10.3 Å². The number of nitrogens with zero attached hydrogens (tertiary/aromatic N) is 1. The third-order valence-corrected chi connectivity index (χ3v) is 5.30. The Hall–Kier alpha value is -0.250. The number of hydrogen-bond acceptors (Lipinski definition) is 3. The van der Waals surface area contributed by atoms with Gasteiger partial charge in [0.05, 0.1) is 0 Å². The first-order valence-electron chi connectivity index (χ1n) is 3.52. The summed E-state index contributed by atoms with van der Waals surface area (Å²) in [6.45, 7) is 6.11. The Morgan fingerprint density at radius 1 is 1.20 bits per heavy atom. The molecule has 3 nitrogen and oxygen atoms in total. The van der Waals surface area contributed by atoms with Gasteiger partial charge in [0.2, 0.25) is 0 Å². The third-order valence-electron chi connectivity index (χ3n) is 1.77. The lowest BCUT2D eigenvalue weighted by Gasteiger charge is -2.31. The minimum absolute atomic E-state index is 0.922. The van der Waals surface area contributed by atoms with E-state index in [1.54, 1.807) is 0 Å². The van der Waals surface area contributed by atoms with Crippen LogP contribution in [-0.4, -0.2) is 17.3 Å². The maximum Gasteiger partial charge on any atom is 0.166 e. The zero-order chi connectivity index (χ0) is 8.04. The molecular weight excluding hydrogens is 150 g/mol. The Balaban J connectivity index is 4.00. The fourth-order valence-electron chi connectivity index (χ4n) is 0.835. The van der Waals surface area contributed by atoms with Gasteiger partial charge in [-0.25, -0.2) is 0 Å². The average molecular weight is 165 g/mol. The van der Waals surface area contributed by atoms with E-state index in [2.05, 4.69) is 5.34 Å². The minimum atomic E-state index is -1.14. The van der Waals surface area contributed by atoms with E-state index < -0.39 is 10.3 Å². The predicted octanol–water partition coefficient (Wildman–Crippen LogP) is 2.46. The summed E-state index contributed by atoms with van der Waals surface area (Å²) in [6.07, 6.45) is 0. The van der Waals surface area contributed by atoms with Crippen molar-refractivity contribution in [3.8, 4) is 0 Å². The van der Waals surface area contributed by atoms with Crippen LogP contribution in [0.25, 0.3) is 0 Å². The number of hydrogen-bond donors (Lipinski definition) is 0. The second-order valence-corrected chi connectivity index (χ2v) is 5.79. The van der Waals surface area contributed by atoms with E-state index >= 15 is 0 Å². The first-order valence-corrected chi connectivity index (χ1v) is 5.58. The van der Waals surface area contributed by atoms with Crippen molar-refractivity contribution in [3.05, 3.63) is 4.91 Å². The van der Waals surface area contributed by atoms with Crippen LogP contribution in [0, 0.1) is 4.91 Å². The van der Waals surface area contributed by atoms with Crippen molar-refractivity contribution >= 4 is 10.3 Å². The van der Waals surface area contributed by atoms with Gasteiger partial charge in [-0.3, -0.25) is 0 Å². The molecule has 0 amide bonds. The van der Waals surface area contributed by atoms with Crippen LogP contribution in [0.15, 0.2) is 5.34 Å². The molecule has 0 aliphatic rings. The lowest BCUT2D eigenvalue weighted by molar-refractivity contribution is 0.377. The molecule has 0 heterocycles. The number of rotatable bonds is 5. The summed E-state index contributed by atoms with van der Waals surface area (Å²) in [5, 5.41) is 2.51. The van der Waals surface area contributed by atoms with Gasteiger partial charge in [-0.05, 0) is 0 Å². The van der Waals surface area contributed by atoms with Crippen LogP contribution in [0.5, 0.6) is 0 Å². The van der Waals surface area contributed by atoms with E-state index in [1.165, 1.54) is 0 Å². The first kappa shape index (κ1) is 9.75. The van der Waals surface area contributed by atoms with E-state index in [0.29, 0.717) is 0 Å². The van der Waals surface area contributed by atoms with Crippen LogP contribution < -0.4 is 0 Å². The van der Waals surface area contributed by atoms with Gasteiger partial charge in [0.1, 0.15) is 0 Å². The van der Waals surface area contributed by atoms with Crippen molar-refractivity contribution in [1.82, 2.24) is 0 Å². The summed E-state index contributed by atoms with van der Waals surface area (Å²) >= 11 is 0. The monoisotopic (exact) mass is 165 g/mol. The van der Waals surface area contributed by atoms with Crippen LogP contribution in [0.1, 0.15) is 20.8 Å². The second-order valence-electron chi connectivity index (χ2n) is 1.98. The molecule has 0 atom stereocenters. The zero-order valence-electron chi connectivity index (χ0n) is 6.79. The molecule has 0 aliphatic carbocycles. The fraction of sp³-hybridized carbons (Fsp3) is 1.00. The molecule has 10 heavy (non-hydrogen) atoms. The molecule has 0 saturated heterocycles. The summed E-state index contributed by atoms with van der Waals surface area (Å²) in [5.74, 6) is 2.77. The molecular formula is C6H15NO2S. The smallest absolute Gasteiger partial charge is 0.166 e. The van der Waals surface area contributed by atoms with Gasteiger partial charge in [0, 0.05) is 17.3 Å². The van der Waals surface area contributed by atoms with Crippen molar-refractivity contribution in [2.24, 2.45) is 5.34 Å².